The van der Waals surface area contributed by atoms with Gasteiger partial charge in [-0.25, -0.2) is 0 Å². The van der Waals surface area contributed by atoms with Gasteiger partial charge in [-0.2, -0.15) is 0 Å². The molecule has 0 amide bonds. The van der Waals surface area contributed by atoms with Crippen molar-refractivity contribution >= 4 is 26.8 Å². The van der Waals surface area contributed by atoms with Crippen molar-refractivity contribution in [3.63, 3.8) is 0 Å². The number of rotatable bonds is 3. The van der Waals surface area contributed by atoms with Crippen molar-refractivity contribution < 1.29 is 4.74 Å². The van der Waals surface area contributed by atoms with E-state index in [0.29, 0.717) is 6.61 Å². The van der Waals surface area contributed by atoms with Crippen LogP contribution in [-0.4, -0.2) is 4.98 Å². The highest BCUT2D eigenvalue weighted by atomic mass is 79.9. The van der Waals surface area contributed by atoms with Crippen LogP contribution in [0, 0.1) is 6.92 Å². The van der Waals surface area contributed by atoms with Crippen LogP contribution in [0.5, 0.6) is 5.75 Å². The minimum Gasteiger partial charge on any atom is -0.489 e. The molecular weight excluding hydrogens is 302 g/mol. The molecule has 0 saturated heterocycles. The number of aryl methyl sites for hydroxylation is 1. The monoisotopic (exact) mass is 315 g/mol. The lowest BCUT2D eigenvalue weighted by atomic mass is 10.2. The van der Waals surface area contributed by atoms with E-state index in [1.165, 1.54) is 10.9 Å². The minimum absolute atomic E-state index is 0.561. The molecule has 0 unspecified atom stereocenters. The van der Waals surface area contributed by atoms with E-state index in [1.54, 1.807) is 0 Å². The first-order chi connectivity index (χ1) is 9.24. The first-order valence-electron chi connectivity index (χ1n) is 6.18. The number of fused-ring (bicyclic) bond motifs is 1. The molecular formula is C16H14BrNO. The summed E-state index contributed by atoms with van der Waals surface area (Å²) in [7, 11) is 0. The predicted molar refractivity (Wildman–Crippen MR) is 81.5 cm³/mol. The van der Waals surface area contributed by atoms with Gasteiger partial charge in [0, 0.05) is 27.1 Å². The number of benzene rings is 2. The van der Waals surface area contributed by atoms with Crippen molar-refractivity contribution in [2.75, 3.05) is 0 Å². The molecule has 1 heterocycles. The van der Waals surface area contributed by atoms with Crippen LogP contribution < -0.4 is 4.74 Å². The molecule has 0 atom stereocenters. The van der Waals surface area contributed by atoms with E-state index in [-0.39, 0.29) is 0 Å². The molecule has 0 aliphatic carbocycles. The zero-order chi connectivity index (χ0) is 13.2. The zero-order valence-electron chi connectivity index (χ0n) is 10.6. The Labute approximate surface area is 120 Å². The van der Waals surface area contributed by atoms with Gasteiger partial charge in [-0.1, -0.05) is 39.7 Å². The Balaban J connectivity index is 1.84. The van der Waals surface area contributed by atoms with Crippen molar-refractivity contribution in [2.24, 2.45) is 0 Å². The van der Waals surface area contributed by atoms with Crippen LogP contribution in [0.1, 0.15) is 11.1 Å². The van der Waals surface area contributed by atoms with Crippen LogP contribution in [-0.2, 0) is 6.61 Å². The van der Waals surface area contributed by atoms with E-state index in [9.17, 15) is 0 Å². The van der Waals surface area contributed by atoms with Gasteiger partial charge < -0.3 is 9.72 Å². The Morgan fingerprint density at radius 1 is 1.11 bits per heavy atom. The van der Waals surface area contributed by atoms with Crippen molar-refractivity contribution in [1.82, 2.24) is 4.98 Å². The lowest BCUT2D eigenvalue weighted by Crippen LogP contribution is -1.94. The Kier molecular flexibility index (Phi) is 3.30. The highest BCUT2D eigenvalue weighted by molar-refractivity contribution is 9.10. The van der Waals surface area contributed by atoms with Crippen molar-refractivity contribution in [1.29, 1.82) is 0 Å². The minimum atomic E-state index is 0.561. The highest BCUT2D eigenvalue weighted by Gasteiger charge is 2.07. The topological polar surface area (TPSA) is 25.0 Å². The van der Waals surface area contributed by atoms with Gasteiger partial charge >= 0.3 is 0 Å². The summed E-state index contributed by atoms with van der Waals surface area (Å²) < 4.78 is 6.92. The fraction of sp³-hybridized carbons (Fsp3) is 0.125. The summed E-state index contributed by atoms with van der Waals surface area (Å²) in [6.45, 7) is 2.63. The molecule has 0 radical (unpaired) electrons. The fourth-order valence-electron chi connectivity index (χ4n) is 2.12. The SMILES string of the molecule is Cc1ccc(OCc2c[nH]c3cccc(Br)c23)cc1. The number of hydrogen-bond acceptors (Lipinski definition) is 1. The van der Waals surface area contributed by atoms with Gasteiger partial charge in [-0.05, 0) is 31.2 Å². The van der Waals surface area contributed by atoms with Gasteiger partial charge in [-0.3, -0.25) is 0 Å². The van der Waals surface area contributed by atoms with Crippen LogP contribution in [0.3, 0.4) is 0 Å². The smallest absolute Gasteiger partial charge is 0.119 e. The molecule has 1 aromatic heterocycles. The predicted octanol–water partition coefficient (Wildman–Crippen LogP) is 4.82. The molecule has 0 aliphatic heterocycles. The third-order valence-corrected chi connectivity index (χ3v) is 3.81. The largest absolute Gasteiger partial charge is 0.489 e. The highest BCUT2D eigenvalue weighted by Crippen LogP contribution is 2.27. The molecule has 2 nitrogen and oxygen atoms in total. The maximum atomic E-state index is 5.83. The van der Waals surface area contributed by atoms with E-state index in [1.807, 2.05) is 30.5 Å². The second kappa shape index (κ2) is 5.10. The lowest BCUT2D eigenvalue weighted by molar-refractivity contribution is 0.307. The Hall–Kier alpha value is -1.74. The van der Waals surface area contributed by atoms with Crippen LogP contribution in [0.25, 0.3) is 10.9 Å². The van der Waals surface area contributed by atoms with E-state index >= 15 is 0 Å². The summed E-state index contributed by atoms with van der Waals surface area (Å²) in [5.41, 5.74) is 3.52. The second-order valence-electron chi connectivity index (χ2n) is 4.58. The number of ether oxygens (including phenoxy) is 1. The maximum Gasteiger partial charge on any atom is 0.119 e. The number of aromatic amines is 1. The van der Waals surface area contributed by atoms with Gasteiger partial charge in [0.05, 0.1) is 0 Å². The van der Waals surface area contributed by atoms with Crippen LogP contribution in [0.4, 0.5) is 0 Å². The van der Waals surface area contributed by atoms with E-state index in [4.69, 9.17) is 4.74 Å². The van der Waals surface area contributed by atoms with E-state index in [2.05, 4.69) is 46.0 Å². The lowest BCUT2D eigenvalue weighted by Gasteiger charge is -2.06. The quantitative estimate of drug-likeness (QED) is 0.736. The standard InChI is InChI=1S/C16H14BrNO/c1-11-5-7-13(8-6-11)19-10-12-9-18-15-4-2-3-14(17)16(12)15/h2-9,18H,10H2,1H3. The van der Waals surface area contributed by atoms with Gasteiger partial charge in [0.15, 0.2) is 0 Å². The van der Waals surface area contributed by atoms with Crippen molar-refractivity contribution in [3.8, 4) is 5.75 Å². The molecule has 0 aliphatic rings. The third kappa shape index (κ3) is 2.51. The van der Waals surface area contributed by atoms with Crippen molar-refractivity contribution in [3.05, 3.63) is 64.3 Å². The number of hydrogen-bond donors (Lipinski definition) is 1. The molecule has 3 heteroatoms. The maximum absolute atomic E-state index is 5.83. The van der Waals surface area contributed by atoms with Crippen LogP contribution in [0.15, 0.2) is 53.1 Å². The van der Waals surface area contributed by atoms with Gasteiger partial charge in [0.1, 0.15) is 12.4 Å². The molecule has 0 fully saturated rings. The Bertz CT molecular complexity index is 700. The second-order valence-corrected chi connectivity index (χ2v) is 5.43. The average molecular weight is 316 g/mol. The summed E-state index contributed by atoms with van der Waals surface area (Å²) in [5.74, 6) is 0.895. The number of H-pyrrole nitrogens is 1. The van der Waals surface area contributed by atoms with Crippen LogP contribution >= 0.6 is 15.9 Å². The molecule has 1 N–H and O–H groups in total. The summed E-state index contributed by atoms with van der Waals surface area (Å²) >= 11 is 3.59. The molecule has 3 rings (SSSR count). The molecule has 0 bridgehead atoms. The fourth-order valence-corrected chi connectivity index (χ4v) is 2.74. The van der Waals surface area contributed by atoms with Crippen LogP contribution in [0.2, 0.25) is 0 Å². The molecule has 2 aromatic carbocycles. The Morgan fingerprint density at radius 3 is 2.68 bits per heavy atom. The molecule has 19 heavy (non-hydrogen) atoms. The van der Waals surface area contributed by atoms with Crippen molar-refractivity contribution in [2.45, 2.75) is 13.5 Å². The molecule has 3 aromatic rings. The first-order valence-corrected chi connectivity index (χ1v) is 6.97. The number of aromatic nitrogens is 1. The summed E-state index contributed by atoms with van der Waals surface area (Å²) in [6.07, 6.45) is 2.00. The summed E-state index contributed by atoms with van der Waals surface area (Å²) in [5, 5.41) is 1.19. The normalized spacial score (nSPS) is 10.8. The summed E-state index contributed by atoms with van der Waals surface area (Å²) in [6, 6.07) is 14.2. The van der Waals surface area contributed by atoms with Gasteiger partial charge in [-0.15, -0.1) is 0 Å². The van der Waals surface area contributed by atoms with E-state index in [0.717, 1.165) is 21.3 Å². The van der Waals surface area contributed by atoms with E-state index < -0.39 is 0 Å². The zero-order valence-corrected chi connectivity index (χ0v) is 12.2. The number of nitrogens with one attached hydrogen (secondary N) is 1. The molecule has 96 valence electrons. The third-order valence-electron chi connectivity index (χ3n) is 3.15. The molecule has 0 spiro atoms. The number of halogens is 1. The first kappa shape index (κ1) is 12.3. The molecule has 0 saturated carbocycles. The Morgan fingerprint density at radius 2 is 1.89 bits per heavy atom. The summed E-state index contributed by atoms with van der Waals surface area (Å²) in [4.78, 5) is 3.26. The average Bonchev–Trinajstić information content (AvgIpc) is 2.83. The van der Waals surface area contributed by atoms with Gasteiger partial charge in [0.2, 0.25) is 0 Å². The van der Waals surface area contributed by atoms with Gasteiger partial charge in [0.25, 0.3) is 0 Å².